The molecule has 0 saturated carbocycles. The summed E-state index contributed by atoms with van der Waals surface area (Å²) in [6, 6.07) is 9.31. The fraction of sp³-hybridized carbons (Fsp3) is 0.500. The van der Waals surface area contributed by atoms with Crippen LogP contribution in [0.15, 0.2) is 42.5 Å². The van der Waals surface area contributed by atoms with Gasteiger partial charge < -0.3 is 14.7 Å². The third-order valence-electron chi connectivity index (χ3n) is 6.45. The molecule has 1 aliphatic heterocycles. The normalized spacial score (nSPS) is 19.7. The highest BCUT2D eigenvalue weighted by Crippen LogP contribution is 2.31. The van der Waals surface area contributed by atoms with Gasteiger partial charge in [-0.15, -0.1) is 0 Å². The summed E-state index contributed by atoms with van der Waals surface area (Å²) in [5, 5.41) is 9.76. The van der Waals surface area contributed by atoms with Crippen LogP contribution in [0.4, 0.5) is 18.9 Å². The van der Waals surface area contributed by atoms with Crippen molar-refractivity contribution in [3.05, 3.63) is 59.2 Å². The molecule has 2 N–H and O–H groups in total. The molecule has 8 nitrogen and oxygen atoms in total. The fourth-order valence-electron chi connectivity index (χ4n) is 4.41. The highest BCUT2D eigenvalue weighted by molar-refractivity contribution is 7.92. The van der Waals surface area contributed by atoms with Crippen LogP contribution in [-0.2, 0) is 34.0 Å². The molecule has 0 saturated heterocycles. The van der Waals surface area contributed by atoms with Crippen LogP contribution in [0.1, 0.15) is 30.5 Å². The maximum Gasteiger partial charge on any atom is 0.416 e. The number of likely N-dealkylation sites (N-methyl/N-ethyl adjacent to an activating group) is 1. The van der Waals surface area contributed by atoms with Crippen molar-refractivity contribution in [1.29, 1.82) is 0 Å². The number of rotatable bonds is 8. The van der Waals surface area contributed by atoms with E-state index in [4.69, 9.17) is 4.74 Å². The monoisotopic (exact) mass is 557 g/mol. The average Bonchev–Trinajstić information content (AvgIpc) is 2.85. The number of sulfonamides is 1. The number of hydrogen-bond acceptors (Lipinski definition) is 6. The third-order valence-corrected chi connectivity index (χ3v) is 7.05. The summed E-state index contributed by atoms with van der Waals surface area (Å²) in [5.74, 6) is 0.0528. The van der Waals surface area contributed by atoms with Crippen molar-refractivity contribution in [2.75, 3.05) is 37.7 Å². The van der Waals surface area contributed by atoms with E-state index in [1.807, 2.05) is 18.9 Å². The van der Waals surface area contributed by atoms with Gasteiger partial charge in [-0.2, -0.15) is 13.2 Å². The van der Waals surface area contributed by atoms with E-state index in [2.05, 4.69) is 4.72 Å². The SMILES string of the molecule is C[C@H](CO)N1C[C@H](C)[C@@H](CN(C)Cc2ccc(C(F)(F)F)cc2)Oc2ccc(NS(C)(=O)=O)cc2CC1=O. The van der Waals surface area contributed by atoms with Crippen molar-refractivity contribution in [2.24, 2.45) is 5.92 Å². The first kappa shape index (κ1) is 29.7. The Labute approximate surface area is 221 Å². The molecular weight excluding hydrogens is 523 g/mol. The summed E-state index contributed by atoms with van der Waals surface area (Å²) in [6.07, 6.45) is -3.82. The number of nitrogens with one attached hydrogen (secondary N) is 1. The lowest BCUT2D eigenvalue weighted by Crippen LogP contribution is -2.47. The molecule has 1 amide bonds. The van der Waals surface area contributed by atoms with Crippen molar-refractivity contribution >= 4 is 21.6 Å². The molecule has 2 aromatic rings. The lowest BCUT2D eigenvalue weighted by Gasteiger charge is -2.34. The van der Waals surface area contributed by atoms with Gasteiger partial charge in [-0.05, 0) is 49.9 Å². The van der Waals surface area contributed by atoms with Crippen LogP contribution in [-0.4, -0.2) is 74.4 Å². The van der Waals surface area contributed by atoms with Crippen LogP contribution in [0.5, 0.6) is 5.75 Å². The molecule has 0 radical (unpaired) electrons. The van der Waals surface area contributed by atoms with Gasteiger partial charge in [-0.25, -0.2) is 8.42 Å². The second kappa shape index (κ2) is 11.9. The van der Waals surface area contributed by atoms with Crippen molar-refractivity contribution in [1.82, 2.24) is 9.80 Å². The minimum atomic E-state index is -4.40. The van der Waals surface area contributed by atoms with E-state index in [0.29, 0.717) is 42.2 Å². The summed E-state index contributed by atoms with van der Waals surface area (Å²) in [7, 11) is -1.70. The molecule has 1 aliphatic rings. The van der Waals surface area contributed by atoms with Crippen LogP contribution >= 0.6 is 0 Å². The molecule has 0 spiro atoms. The minimum Gasteiger partial charge on any atom is -0.488 e. The number of benzene rings is 2. The smallest absolute Gasteiger partial charge is 0.416 e. The molecule has 3 atom stereocenters. The van der Waals surface area contributed by atoms with E-state index in [1.165, 1.54) is 12.1 Å². The van der Waals surface area contributed by atoms with E-state index < -0.39 is 33.9 Å². The van der Waals surface area contributed by atoms with Gasteiger partial charge in [0.25, 0.3) is 0 Å². The molecule has 2 aromatic carbocycles. The van der Waals surface area contributed by atoms with Gasteiger partial charge in [0.2, 0.25) is 15.9 Å². The zero-order valence-corrected chi connectivity index (χ0v) is 22.6. The van der Waals surface area contributed by atoms with Gasteiger partial charge in [0.05, 0.1) is 30.9 Å². The Morgan fingerprint density at radius 3 is 2.45 bits per heavy atom. The Hall–Kier alpha value is -2.83. The second-order valence-corrected chi connectivity index (χ2v) is 11.7. The largest absolute Gasteiger partial charge is 0.488 e. The Morgan fingerprint density at radius 1 is 1.21 bits per heavy atom. The van der Waals surface area contributed by atoms with E-state index in [-0.39, 0.29) is 24.9 Å². The highest BCUT2D eigenvalue weighted by Gasteiger charge is 2.32. The number of alkyl halides is 3. The number of halogens is 3. The number of carbonyl (C=O) groups excluding carboxylic acids is 1. The molecule has 1 heterocycles. The van der Waals surface area contributed by atoms with Crippen molar-refractivity contribution in [3.63, 3.8) is 0 Å². The maximum absolute atomic E-state index is 13.2. The molecule has 0 aromatic heterocycles. The quantitative estimate of drug-likeness (QED) is 0.517. The Bertz CT molecular complexity index is 1220. The first-order chi connectivity index (χ1) is 17.7. The molecule has 0 unspecified atom stereocenters. The van der Waals surface area contributed by atoms with Crippen molar-refractivity contribution in [2.45, 2.75) is 45.1 Å². The number of ether oxygens (including phenoxy) is 1. The molecule has 0 fully saturated rings. The second-order valence-electron chi connectivity index (χ2n) is 9.98. The predicted molar refractivity (Wildman–Crippen MR) is 138 cm³/mol. The van der Waals surface area contributed by atoms with Crippen LogP contribution in [0.2, 0.25) is 0 Å². The first-order valence-corrected chi connectivity index (χ1v) is 14.1. The van der Waals surface area contributed by atoms with Crippen LogP contribution in [0.25, 0.3) is 0 Å². The van der Waals surface area contributed by atoms with Crippen molar-refractivity contribution in [3.8, 4) is 5.75 Å². The van der Waals surface area contributed by atoms with Gasteiger partial charge in [-0.1, -0.05) is 19.1 Å². The standard InChI is InChI=1S/C26H34F3N3O5S/c1-17-13-32(18(2)16-33)25(34)12-20-11-22(30-38(4,35)36)9-10-23(20)37-24(17)15-31(3)14-19-5-7-21(8-6-19)26(27,28)29/h5-11,17-18,24,30,33H,12-16H2,1-4H3/t17-,18+,24+/m0/s1. The van der Waals surface area contributed by atoms with Gasteiger partial charge >= 0.3 is 6.18 Å². The minimum absolute atomic E-state index is 0.0419. The Kier molecular flexibility index (Phi) is 9.32. The molecule has 0 bridgehead atoms. The molecule has 38 heavy (non-hydrogen) atoms. The lowest BCUT2D eigenvalue weighted by atomic mass is 10.0. The first-order valence-electron chi connectivity index (χ1n) is 12.2. The number of hydrogen-bond donors (Lipinski definition) is 2. The van der Waals surface area contributed by atoms with Crippen LogP contribution in [0.3, 0.4) is 0 Å². The van der Waals surface area contributed by atoms with Crippen molar-refractivity contribution < 1.29 is 36.2 Å². The third kappa shape index (κ3) is 8.08. The number of anilines is 1. The zero-order valence-electron chi connectivity index (χ0n) is 21.8. The number of nitrogens with zero attached hydrogens (tertiary/aromatic N) is 2. The number of aliphatic hydroxyl groups is 1. The number of fused-ring (bicyclic) bond motifs is 1. The van der Waals surface area contributed by atoms with E-state index in [0.717, 1.165) is 18.4 Å². The highest BCUT2D eigenvalue weighted by atomic mass is 32.2. The van der Waals surface area contributed by atoms with E-state index >= 15 is 0 Å². The Morgan fingerprint density at radius 2 is 1.87 bits per heavy atom. The molecule has 12 heteroatoms. The van der Waals surface area contributed by atoms with Gasteiger partial charge in [-0.3, -0.25) is 14.4 Å². The Balaban J connectivity index is 1.87. The van der Waals surface area contributed by atoms with Gasteiger partial charge in [0.1, 0.15) is 11.9 Å². The summed E-state index contributed by atoms with van der Waals surface area (Å²) in [4.78, 5) is 16.8. The topological polar surface area (TPSA) is 99.2 Å². The summed E-state index contributed by atoms with van der Waals surface area (Å²) < 4.78 is 70.9. The summed E-state index contributed by atoms with van der Waals surface area (Å²) in [6.45, 7) is 4.57. The van der Waals surface area contributed by atoms with Gasteiger partial charge in [0.15, 0.2) is 0 Å². The molecule has 210 valence electrons. The van der Waals surface area contributed by atoms with Crippen LogP contribution in [0, 0.1) is 5.92 Å². The number of carbonyl (C=O) groups is 1. The molecule has 3 rings (SSSR count). The molecule has 0 aliphatic carbocycles. The summed E-state index contributed by atoms with van der Waals surface area (Å²) in [5.41, 5.74) is 0.802. The van der Waals surface area contributed by atoms with E-state index in [9.17, 15) is 31.5 Å². The fourth-order valence-corrected chi connectivity index (χ4v) is 4.96. The molecular formula is C26H34F3N3O5S. The number of amides is 1. The van der Waals surface area contributed by atoms with Crippen LogP contribution < -0.4 is 9.46 Å². The lowest BCUT2D eigenvalue weighted by molar-refractivity contribution is -0.137. The maximum atomic E-state index is 13.2. The van der Waals surface area contributed by atoms with Gasteiger partial charge in [0, 0.05) is 36.8 Å². The number of aliphatic hydroxyl groups excluding tert-OH is 1. The predicted octanol–water partition coefficient (Wildman–Crippen LogP) is 3.36. The zero-order chi connectivity index (χ0) is 28.3. The summed E-state index contributed by atoms with van der Waals surface area (Å²) >= 11 is 0. The van der Waals surface area contributed by atoms with E-state index in [1.54, 1.807) is 30.0 Å². The average molecular weight is 558 g/mol.